The molecular formula is C28H24O6. The van der Waals surface area contributed by atoms with E-state index in [0.29, 0.717) is 11.1 Å². The van der Waals surface area contributed by atoms with Gasteiger partial charge in [-0.3, -0.25) is 0 Å². The van der Waals surface area contributed by atoms with Crippen LogP contribution in [0.15, 0.2) is 84.9 Å². The van der Waals surface area contributed by atoms with E-state index in [2.05, 4.69) is 0 Å². The van der Waals surface area contributed by atoms with Crippen LogP contribution >= 0.6 is 0 Å². The topological polar surface area (TPSA) is 121 Å². The predicted molar refractivity (Wildman–Crippen MR) is 134 cm³/mol. The van der Waals surface area contributed by atoms with Crippen molar-refractivity contribution in [2.75, 3.05) is 0 Å². The highest BCUT2D eigenvalue weighted by molar-refractivity contribution is 5.72. The van der Waals surface area contributed by atoms with Crippen molar-refractivity contribution in [3.63, 3.8) is 0 Å². The van der Waals surface area contributed by atoms with Gasteiger partial charge in [0, 0.05) is 12.1 Å². The van der Waals surface area contributed by atoms with Gasteiger partial charge in [0.2, 0.25) is 0 Å². The molecule has 0 heterocycles. The van der Waals surface area contributed by atoms with Crippen molar-refractivity contribution in [2.24, 2.45) is 0 Å². The minimum absolute atomic E-state index is 0.0144. The Morgan fingerprint density at radius 3 is 0.941 bits per heavy atom. The van der Waals surface area contributed by atoms with Crippen LogP contribution in [-0.2, 0) is 0 Å². The van der Waals surface area contributed by atoms with Gasteiger partial charge >= 0.3 is 0 Å². The average molecular weight is 456 g/mol. The Hall–Kier alpha value is -4.84. The fourth-order valence-corrected chi connectivity index (χ4v) is 3.07. The molecule has 0 unspecified atom stereocenters. The first-order valence-corrected chi connectivity index (χ1v) is 10.3. The Kier molecular flexibility index (Phi) is 7.81. The van der Waals surface area contributed by atoms with Crippen LogP contribution in [0.25, 0.3) is 24.3 Å². The van der Waals surface area contributed by atoms with Gasteiger partial charge in [-0.15, -0.1) is 0 Å². The molecule has 0 aliphatic rings. The number of rotatable bonds is 4. The molecule has 0 bridgehead atoms. The molecule has 0 spiro atoms. The second kappa shape index (κ2) is 11.2. The molecule has 4 aromatic rings. The third kappa shape index (κ3) is 7.69. The molecule has 0 atom stereocenters. The monoisotopic (exact) mass is 456 g/mol. The van der Waals surface area contributed by atoms with Crippen molar-refractivity contribution >= 4 is 24.3 Å². The molecule has 4 aromatic carbocycles. The van der Waals surface area contributed by atoms with Gasteiger partial charge in [-0.25, -0.2) is 0 Å². The molecule has 172 valence electrons. The zero-order chi connectivity index (χ0) is 24.5. The molecule has 6 nitrogen and oxygen atoms in total. The summed E-state index contributed by atoms with van der Waals surface area (Å²) in [6.07, 6.45) is 7.06. The summed E-state index contributed by atoms with van der Waals surface area (Å²) in [5.74, 6) is 0.457. The number of phenolic OH excluding ortho intramolecular Hbond substituents is 6. The molecule has 6 N–H and O–H groups in total. The third-order valence-electron chi connectivity index (χ3n) is 4.53. The number of aromatic hydroxyl groups is 6. The number of hydrogen-bond donors (Lipinski definition) is 6. The van der Waals surface area contributed by atoms with Gasteiger partial charge in [-0.1, -0.05) is 48.6 Å². The minimum Gasteiger partial charge on any atom is -0.508 e. The third-order valence-corrected chi connectivity index (χ3v) is 4.53. The smallest absolute Gasteiger partial charge is 0.119 e. The molecule has 0 saturated carbocycles. The molecule has 6 heteroatoms. The summed E-state index contributed by atoms with van der Waals surface area (Å²) in [6, 6.07) is 22.3. The highest BCUT2D eigenvalue weighted by Gasteiger charge is 1.97. The summed E-state index contributed by atoms with van der Waals surface area (Å²) >= 11 is 0. The normalized spacial score (nSPS) is 10.8. The molecule has 4 rings (SSSR count). The summed E-state index contributed by atoms with van der Waals surface area (Å²) in [4.78, 5) is 0. The Balaban J connectivity index is 0.000000191. The molecule has 0 aromatic heterocycles. The fraction of sp³-hybridized carbons (Fsp3) is 0. The quantitative estimate of drug-likeness (QED) is 0.211. The van der Waals surface area contributed by atoms with Crippen LogP contribution in [0, 0.1) is 0 Å². The first-order chi connectivity index (χ1) is 16.3. The van der Waals surface area contributed by atoms with Crippen LogP contribution < -0.4 is 0 Å². The van der Waals surface area contributed by atoms with E-state index in [1.807, 2.05) is 12.1 Å². The molecule has 0 aliphatic heterocycles. The zero-order valence-corrected chi connectivity index (χ0v) is 18.1. The van der Waals surface area contributed by atoms with E-state index in [1.165, 1.54) is 12.1 Å². The molecule has 34 heavy (non-hydrogen) atoms. The van der Waals surface area contributed by atoms with Crippen molar-refractivity contribution in [2.45, 2.75) is 0 Å². The lowest BCUT2D eigenvalue weighted by atomic mass is 10.1. The standard InChI is InChI=1S/2C14H12O3/c2*15-12-3-1-2-10(6-12)4-5-11-7-13(16)9-14(17)8-11/h2*1-9,15-17H. The van der Waals surface area contributed by atoms with E-state index in [-0.39, 0.29) is 34.5 Å². The largest absolute Gasteiger partial charge is 0.508 e. The lowest BCUT2D eigenvalue weighted by Gasteiger charge is -1.98. The number of benzene rings is 4. The molecule has 0 fully saturated rings. The maximum Gasteiger partial charge on any atom is 0.119 e. The predicted octanol–water partition coefficient (Wildman–Crippen LogP) is 5.95. The summed E-state index contributed by atoms with van der Waals surface area (Å²) < 4.78 is 0. The van der Waals surface area contributed by atoms with E-state index < -0.39 is 0 Å². The summed E-state index contributed by atoms with van der Waals surface area (Å²) in [7, 11) is 0. The second-order valence-corrected chi connectivity index (χ2v) is 7.42. The molecule has 0 amide bonds. The fourth-order valence-electron chi connectivity index (χ4n) is 3.07. The van der Waals surface area contributed by atoms with Crippen molar-refractivity contribution in [3.05, 3.63) is 107 Å². The molecule has 0 radical (unpaired) electrons. The van der Waals surface area contributed by atoms with Gasteiger partial charge in [0.1, 0.15) is 34.5 Å². The van der Waals surface area contributed by atoms with Crippen molar-refractivity contribution < 1.29 is 30.6 Å². The Morgan fingerprint density at radius 2 is 0.618 bits per heavy atom. The van der Waals surface area contributed by atoms with Gasteiger partial charge in [0.15, 0.2) is 0 Å². The maximum atomic E-state index is 9.30. The SMILES string of the molecule is Oc1cccc(C=Cc2cc(O)cc(O)c2)c1.Oc1cccc(C=Cc2cc(O)cc(O)c2)c1. The van der Waals surface area contributed by atoms with Gasteiger partial charge in [-0.2, -0.15) is 0 Å². The molecule has 0 aliphatic carbocycles. The Bertz CT molecular complexity index is 1180. The van der Waals surface area contributed by atoms with Crippen molar-refractivity contribution in [1.29, 1.82) is 0 Å². The summed E-state index contributed by atoms with van der Waals surface area (Å²) in [6.45, 7) is 0. The van der Waals surface area contributed by atoms with Crippen LogP contribution in [0.3, 0.4) is 0 Å². The summed E-state index contributed by atoms with van der Waals surface area (Å²) in [5, 5.41) is 55.8. The van der Waals surface area contributed by atoms with Gasteiger partial charge in [0.25, 0.3) is 0 Å². The Labute approximate surface area is 196 Å². The van der Waals surface area contributed by atoms with Crippen molar-refractivity contribution in [1.82, 2.24) is 0 Å². The zero-order valence-electron chi connectivity index (χ0n) is 18.1. The first kappa shape index (κ1) is 23.8. The van der Waals surface area contributed by atoms with E-state index in [0.717, 1.165) is 11.1 Å². The van der Waals surface area contributed by atoms with E-state index in [9.17, 15) is 30.6 Å². The van der Waals surface area contributed by atoms with E-state index in [1.54, 1.807) is 85.0 Å². The van der Waals surface area contributed by atoms with Crippen LogP contribution in [-0.4, -0.2) is 30.6 Å². The Morgan fingerprint density at radius 1 is 0.324 bits per heavy atom. The highest BCUT2D eigenvalue weighted by atomic mass is 16.3. The van der Waals surface area contributed by atoms with Gasteiger partial charge in [-0.05, 0) is 70.8 Å². The van der Waals surface area contributed by atoms with E-state index >= 15 is 0 Å². The lowest BCUT2D eigenvalue weighted by molar-refractivity contribution is 0.449. The lowest BCUT2D eigenvalue weighted by Crippen LogP contribution is -1.74. The number of phenols is 6. The highest BCUT2D eigenvalue weighted by Crippen LogP contribution is 2.23. The van der Waals surface area contributed by atoms with Gasteiger partial charge < -0.3 is 30.6 Å². The first-order valence-electron chi connectivity index (χ1n) is 10.3. The number of hydrogen-bond acceptors (Lipinski definition) is 6. The minimum atomic E-state index is 0.0144. The second-order valence-electron chi connectivity index (χ2n) is 7.42. The average Bonchev–Trinajstić information content (AvgIpc) is 2.76. The summed E-state index contributed by atoms with van der Waals surface area (Å²) in [5.41, 5.74) is 3.05. The van der Waals surface area contributed by atoms with Gasteiger partial charge in [0.05, 0.1) is 0 Å². The van der Waals surface area contributed by atoms with E-state index in [4.69, 9.17) is 0 Å². The molecule has 0 saturated heterocycles. The maximum absolute atomic E-state index is 9.30. The van der Waals surface area contributed by atoms with Crippen LogP contribution in [0.1, 0.15) is 22.3 Å². The van der Waals surface area contributed by atoms with Crippen LogP contribution in [0.2, 0.25) is 0 Å². The molecular weight excluding hydrogens is 432 g/mol. The van der Waals surface area contributed by atoms with Crippen LogP contribution in [0.5, 0.6) is 34.5 Å². The van der Waals surface area contributed by atoms with Crippen molar-refractivity contribution in [3.8, 4) is 34.5 Å². The van der Waals surface area contributed by atoms with Crippen LogP contribution in [0.4, 0.5) is 0 Å².